The zero-order valence-electron chi connectivity index (χ0n) is 11.6. The summed E-state index contributed by atoms with van der Waals surface area (Å²) in [6, 6.07) is 3.42. The predicted molar refractivity (Wildman–Crippen MR) is 70.4 cm³/mol. The maximum atomic E-state index is 12.7. The van der Waals surface area contributed by atoms with Gasteiger partial charge in [0.25, 0.3) is 11.8 Å². The lowest BCUT2D eigenvalue weighted by molar-refractivity contribution is -0.137. The summed E-state index contributed by atoms with van der Waals surface area (Å²) in [5.41, 5.74) is -1.22. The molecule has 0 spiro atoms. The molecule has 116 valence electrons. The van der Waals surface area contributed by atoms with Crippen molar-refractivity contribution >= 4 is 23.9 Å². The lowest BCUT2D eigenvalue weighted by Crippen LogP contribution is -2.52. The van der Waals surface area contributed by atoms with Crippen LogP contribution in [0.15, 0.2) is 29.8 Å². The van der Waals surface area contributed by atoms with Crippen LogP contribution in [0.2, 0.25) is 0 Å². The van der Waals surface area contributed by atoms with Gasteiger partial charge in [-0.2, -0.15) is 13.2 Å². The minimum atomic E-state index is -4.53. The smallest absolute Gasteiger partial charge is 0.268 e. The van der Waals surface area contributed by atoms with E-state index in [2.05, 4.69) is 0 Å². The number of nitrogens with zero attached hydrogens (tertiary/aromatic N) is 2. The topological polar surface area (TPSA) is 57.7 Å². The van der Waals surface area contributed by atoms with Gasteiger partial charge in [0.15, 0.2) is 0 Å². The van der Waals surface area contributed by atoms with E-state index in [4.69, 9.17) is 0 Å². The Hall–Kier alpha value is -2.64. The van der Waals surface area contributed by atoms with Crippen LogP contribution in [0.4, 0.5) is 18.0 Å². The van der Waals surface area contributed by atoms with E-state index in [1.807, 2.05) is 0 Å². The minimum Gasteiger partial charge on any atom is -0.268 e. The van der Waals surface area contributed by atoms with Crippen molar-refractivity contribution in [2.75, 3.05) is 14.1 Å². The number of hydrogen-bond donors (Lipinski definition) is 0. The maximum absolute atomic E-state index is 12.7. The Morgan fingerprint density at radius 2 is 1.55 bits per heavy atom. The summed E-state index contributed by atoms with van der Waals surface area (Å²) in [7, 11) is 2.38. The van der Waals surface area contributed by atoms with Crippen molar-refractivity contribution in [3.05, 3.63) is 41.0 Å². The summed E-state index contributed by atoms with van der Waals surface area (Å²) in [6.45, 7) is 0. The van der Waals surface area contributed by atoms with Crippen LogP contribution in [0.5, 0.6) is 0 Å². The SMILES string of the molecule is CN1C(=O)C(=Cc2cccc(C(F)(F)F)c2)C(=O)N(C)C1=O. The van der Waals surface area contributed by atoms with Crippen LogP contribution < -0.4 is 0 Å². The van der Waals surface area contributed by atoms with Crippen LogP contribution in [-0.2, 0) is 15.8 Å². The molecular formula is C14H11F3N2O3. The van der Waals surface area contributed by atoms with Gasteiger partial charge in [0.05, 0.1) is 5.56 Å². The number of amides is 4. The average Bonchev–Trinajstić information content (AvgIpc) is 2.47. The van der Waals surface area contributed by atoms with Crippen molar-refractivity contribution in [1.82, 2.24) is 9.80 Å². The first-order valence-corrected chi connectivity index (χ1v) is 6.12. The molecule has 22 heavy (non-hydrogen) atoms. The lowest BCUT2D eigenvalue weighted by atomic mass is 10.0. The van der Waals surface area contributed by atoms with Gasteiger partial charge in [-0.15, -0.1) is 0 Å². The highest BCUT2D eigenvalue weighted by molar-refractivity contribution is 6.30. The van der Waals surface area contributed by atoms with Crippen LogP contribution in [0.3, 0.4) is 0 Å². The summed E-state index contributed by atoms with van der Waals surface area (Å²) in [5, 5.41) is 0. The fraction of sp³-hybridized carbons (Fsp3) is 0.214. The van der Waals surface area contributed by atoms with Gasteiger partial charge in [-0.3, -0.25) is 19.4 Å². The van der Waals surface area contributed by atoms with Gasteiger partial charge in [0, 0.05) is 14.1 Å². The molecular weight excluding hydrogens is 301 g/mol. The van der Waals surface area contributed by atoms with Crippen molar-refractivity contribution in [3.63, 3.8) is 0 Å². The van der Waals surface area contributed by atoms with E-state index in [1.54, 1.807) is 0 Å². The molecule has 4 amide bonds. The molecule has 1 saturated heterocycles. The highest BCUT2D eigenvalue weighted by Gasteiger charge is 2.38. The summed E-state index contributed by atoms with van der Waals surface area (Å²) in [6.07, 6.45) is -3.49. The molecule has 1 aromatic rings. The van der Waals surface area contributed by atoms with Gasteiger partial charge in [-0.25, -0.2) is 4.79 Å². The molecule has 1 aliphatic rings. The lowest BCUT2D eigenvalue weighted by Gasteiger charge is -2.28. The summed E-state index contributed by atoms with van der Waals surface area (Å²) < 4.78 is 38.0. The Bertz CT molecular complexity index is 669. The standard InChI is InChI=1S/C14H11F3N2O3/c1-18-11(20)10(12(21)19(2)13(18)22)7-8-4-3-5-9(6-8)14(15,16)17/h3-7H,1-2H3. The number of imide groups is 2. The first kappa shape index (κ1) is 15.7. The summed E-state index contributed by atoms with van der Waals surface area (Å²) >= 11 is 0. The molecule has 1 fully saturated rings. The second kappa shape index (κ2) is 5.28. The van der Waals surface area contributed by atoms with Crippen molar-refractivity contribution in [3.8, 4) is 0 Å². The van der Waals surface area contributed by atoms with E-state index >= 15 is 0 Å². The van der Waals surface area contributed by atoms with Crippen LogP contribution in [0.1, 0.15) is 11.1 Å². The highest BCUT2D eigenvalue weighted by Crippen LogP contribution is 2.30. The molecule has 0 radical (unpaired) electrons. The summed E-state index contributed by atoms with van der Waals surface area (Å²) in [5.74, 6) is -1.71. The number of alkyl halides is 3. The zero-order chi connectivity index (χ0) is 16.7. The van der Waals surface area contributed by atoms with Crippen molar-refractivity contribution in [1.29, 1.82) is 0 Å². The Morgan fingerprint density at radius 1 is 1.00 bits per heavy atom. The van der Waals surface area contributed by atoms with Gasteiger partial charge < -0.3 is 0 Å². The number of carbonyl (C=O) groups is 3. The Kier molecular flexibility index (Phi) is 3.78. The Morgan fingerprint density at radius 3 is 2.05 bits per heavy atom. The predicted octanol–water partition coefficient (Wildman–Crippen LogP) is 2.14. The average molecular weight is 312 g/mol. The number of halogens is 3. The van der Waals surface area contributed by atoms with Gasteiger partial charge in [0.2, 0.25) is 0 Å². The monoisotopic (exact) mass is 312 g/mol. The number of carbonyl (C=O) groups excluding carboxylic acids is 3. The second-order valence-corrected chi connectivity index (χ2v) is 4.69. The van der Waals surface area contributed by atoms with Gasteiger partial charge in [-0.05, 0) is 23.8 Å². The third-order valence-corrected chi connectivity index (χ3v) is 3.17. The van der Waals surface area contributed by atoms with E-state index in [-0.39, 0.29) is 11.1 Å². The van der Waals surface area contributed by atoms with E-state index in [1.165, 1.54) is 26.2 Å². The molecule has 1 aliphatic heterocycles. The molecule has 0 aliphatic carbocycles. The number of likely N-dealkylation sites (N-methyl/N-ethyl adjacent to an activating group) is 2. The quantitative estimate of drug-likeness (QED) is 0.590. The minimum absolute atomic E-state index is 0.0441. The van der Waals surface area contributed by atoms with Crippen molar-refractivity contribution < 1.29 is 27.6 Å². The molecule has 0 saturated carbocycles. The molecule has 1 heterocycles. The normalized spacial score (nSPS) is 16.4. The number of benzene rings is 1. The van der Waals surface area contributed by atoms with Gasteiger partial charge in [-0.1, -0.05) is 12.1 Å². The Balaban J connectivity index is 2.46. The molecule has 5 nitrogen and oxygen atoms in total. The van der Waals surface area contributed by atoms with E-state index < -0.39 is 29.6 Å². The van der Waals surface area contributed by atoms with E-state index in [9.17, 15) is 27.6 Å². The van der Waals surface area contributed by atoms with Gasteiger partial charge >= 0.3 is 12.2 Å². The molecule has 1 aromatic carbocycles. The second-order valence-electron chi connectivity index (χ2n) is 4.69. The van der Waals surface area contributed by atoms with E-state index in [0.29, 0.717) is 0 Å². The third-order valence-electron chi connectivity index (χ3n) is 3.17. The maximum Gasteiger partial charge on any atom is 0.416 e. The largest absolute Gasteiger partial charge is 0.416 e. The van der Waals surface area contributed by atoms with Crippen molar-refractivity contribution in [2.24, 2.45) is 0 Å². The van der Waals surface area contributed by atoms with Gasteiger partial charge in [0.1, 0.15) is 5.57 Å². The number of hydrogen-bond acceptors (Lipinski definition) is 3. The molecule has 0 bridgehead atoms. The molecule has 0 atom stereocenters. The zero-order valence-corrected chi connectivity index (χ0v) is 11.6. The third kappa shape index (κ3) is 2.72. The first-order valence-electron chi connectivity index (χ1n) is 6.12. The molecule has 8 heteroatoms. The number of urea groups is 1. The molecule has 0 N–H and O–H groups in total. The fourth-order valence-electron chi connectivity index (χ4n) is 1.95. The summed E-state index contributed by atoms with van der Waals surface area (Å²) in [4.78, 5) is 36.9. The van der Waals surface area contributed by atoms with Crippen LogP contribution in [-0.4, -0.2) is 41.7 Å². The van der Waals surface area contributed by atoms with Crippen molar-refractivity contribution in [2.45, 2.75) is 6.18 Å². The molecule has 0 unspecified atom stereocenters. The number of barbiturate groups is 1. The Labute approximate surface area is 123 Å². The highest BCUT2D eigenvalue weighted by atomic mass is 19.4. The number of rotatable bonds is 1. The fourth-order valence-corrected chi connectivity index (χ4v) is 1.95. The molecule has 2 rings (SSSR count). The molecule has 0 aromatic heterocycles. The van der Waals surface area contributed by atoms with Crippen LogP contribution >= 0.6 is 0 Å². The first-order chi connectivity index (χ1) is 10.1. The van der Waals surface area contributed by atoms with Crippen LogP contribution in [0, 0.1) is 0 Å². The van der Waals surface area contributed by atoms with E-state index in [0.717, 1.165) is 28.0 Å². The van der Waals surface area contributed by atoms with Crippen LogP contribution in [0.25, 0.3) is 6.08 Å².